The SMILES string of the molecule is CC(C)C(N)CC(=O)N1CCCC1c1cccs1. The molecule has 1 fully saturated rings. The molecule has 2 heterocycles. The van der Waals surface area contributed by atoms with Gasteiger partial charge in [-0.05, 0) is 30.2 Å². The maximum Gasteiger partial charge on any atom is 0.224 e. The summed E-state index contributed by atoms with van der Waals surface area (Å²) in [5.41, 5.74) is 6.00. The minimum atomic E-state index is -0.0258. The van der Waals surface area contributed by atoms with Gasteiger partial charge in [0, 0.05) is 23.9 Å². The van der Waals surface area contributed by atoms with Crippen molar-refractivity contribution in [2.75, 3.05) is 6.54 Å². The topological polar surface area (TPSA) is 46.3 Å². The molecule has 0 aromatic carbocycles. The lowest BCUT2D eigenvalue weighted by Gasteiger charge is -2.26. The van der Waals surface area contributed by atoms with Gasteiger partial charge in [0.05, 0.1) is 6.04 Å². The number of nitrogens with zero attached hydrogens (tertiary/aromatic N) is 1. The third kappa shape index (κ3) is 2.93. The molecule has 0 radical (unpaired) electrons. The van der Waals surface area contributed by atoms with Crippen LogP contribution in [0.4, 0.5) is 0 Å². The Morgan fingerprint density at radius 2 is 2.39 bits per heavy atom. The smallest absolute Gasteiger partial charge is 0.224 e. The van der Waals surface area contributed by atoms with E-state index in [0.717, 1.165) is 19.4 Å². The lowest BCUT2D eigenvalue weighted by atomic mass is 10.0. The zero-order valence-corrected chi connectivity index (χ0v) is 12.0. The van der Waals surface area contributed by atoms with Gasteiger partial charge in [-0.1, -0.05) is 19.9 Å². The Hall–Kier alpha value is -0.870. The molecular formula is C14H22N2OS. The average Bonchev–Trinajstić information content (AvgIpc) is 2.99. The minimum Gasteiger partial charge on any atom is -0.335 e. The van der Waals surface area contributed by atoms with Crippen LogP contribution in [0.15, 0.2) is 17.5 Å². The van der Waals surface area contributed by atoms with Gasteiger partial charge in [-0.3, -0.25) is 4.79 Å². The highest BCUT2D eigenvalue weighted by molar-refractivity contribution is 7.10. The van der Waals surface area contributed by atoms with Crippen LogP contribution in [0, 0.1) is 5.92 Å². The first-order valence-corrected chi connectivity index (χ1v) is 7.56. The average molecular weight is 266 g/mol. The lowest BCUT2D eigenvalue weighted by molar-refractivity contribution is -0.132. The number of thiophene rings is 1. The van der Waals surface area contributed by atoms with E-state index in [4.69, 9.17) is 5.73 Å². The van der Waals surface area contributed by atoms with Crippen LogP contribution in [-0.2, 0) is 4.79 Å². The molecular weight excluding hydrogens is 244 g/mol. The van der Waals surface area contributed by atoms with Gasteiger partial charge in [-0.25, -0.2) is 0 Å². The largest absolute Gasteiger partial charge is 0.335 e. The van der Waals surface area contributed by atoms with E-state index >= 15 is 0 Å². The molecule has 3 nitrogen and oxygen atoms in total. The molecule has 0 aliphatic carbocycles. The van der Waals surface area contributed by atoms with Crippen molar-refractivity contribution in [3.63, 3.8) is 0 Å². The molecule has 1 saturated heterocycles. The number of rotatable bonds is 4. The maximum atomic E-state index is 12.3. The van der Waals surface area contributed by atoms with Gasteiger partial charge in [0.1, 0.15) is 0 Å². The standard InChI is InChI=1S/C14H22N2OS/c1-10(2)11(15)9-14(17)16-7-3-5-12(16)13-6-4-8-18-13/h4,6,8,10-12H,3,5,7,9,15H2,1-2H3. The second-order valence-electron chi connectivity index (χ2n) is 5.37. The monoisotopic (exact) mass is 266 g/mol. The number of amides is 1. The van der Waals surface area contributed by atoms with Crippen LogP contribution in [0.1, 0.15) is 44.0 Å². The molecule has 2 atom stereocenters. The van der Waals surface area contributed by atoms with Crippen molar-refractivity contribution in [3.05, 3.63) is 22.4 Å². The Labute approximate surface area is 113 Å². The first kappa shape index (κ1) is 13.6. The fraction of sp³-hybridized carbons (Fsp3) is 0.643. The Morgan fingerprint density at radius 3 is 3.00 bits per heavy atom. The van der Waals surface area contributed by atoms with Gasteiger partial charge in [-0.2, -0.15) is 0 Å². The van der Waals surface area contributed by atoms with E-state index < -0.39 is 0 Å². The van der Waals surface area contributed by atoms with Crippen LogP contribution in [0.2, 0.25) is 0 Å². The molecule has 1 aromatic heterocycles. The van der Waals surface area contributed by atoms with Crippen molar-refractivity contribution in [2.45, 2.75) is 45.2 Å². The molecule has 4 heteroatoms. The molecule has 2 rings (SSSR count). The Kier molecular flexibility index (Phi) is 4.40. The number of hydrogen-bond acceptors (Lipinski definition) is 3. The van der Waals surface area contributed by atoms with Crippen LogP contribution >= 0.6 is 11.3 Å². The number of carbonyl (C=O) groups is 1. The quantitative estimate of drug-likeness (QED) is 0.911. The number of hydrogen-bond donors (Lipinski definition) is 1. The van der Waals surface area contributed by atoms with Crippen LogP contribution in [0.25, 0.3) is 0 Å². The van der Waals surface area contributed by atoms with Gasteiger partial charge in [-0.15, -0.1) is 11.3 Å². The van der Waals surface area contributed by atoms with Crippen molar-refractivity contribution < 1.29 is 4.79 Å². The van der Waals surface area contributed by atoms with E-state index in [2.05, 4.69) is 31.4 Å². The summed E-state index contributed by atoms with van der Waals surface area (Å²) in [6.45, 7) is 5.02. The van der Waals surface area contributed by atoms with Crippen molar-refractivity contribution in [3.8, 4) is 0 Å². The highest BCUT2D eigenvalue weighted by atomic mass is 32.1. The van der Waals surface area contributed by atoms with E-state index in [1.165, 1.54) is 4.88 Å². The number of likely N-dealkylation sites (tertiary alicyclic amines) is 1. The molecule has 0 saturated carbocycles. The van der Waals surface area contributed by atoms with E-state index in [1.807, 2.05) is 4.90 Å². The molecule has 1 aliphatic heterocycles. The van der Waals surface area contributed by atoms with E-state index in [1.54, 1.807) is 11.3 Å². The van der Waals surface area contributed by atoms with Crippen LogP contribution in [0.5, 0.6) is 0 Å². The maximum absolute atomic E-state index is 12.3. The molecule has 2 unspecified atom stereocenters. The predicted octanol–water partition coefficient (Wildman–Crippen LogP) is 2.79. The first-order chi connectivity index (χ1) is 8.59. The third-order valence-electron chi connectivity index (χ3n) is 3.71. The van der Waals surface area contributed by atoms with Crippen molar-refractivity contribution in [1.29, 1.82) is 0 Å². The Bertz CT molecular complexity index is 389. The molecule has 0 bridgehead atoms. The van der Waals surface area contributed by atoms with Crippen molar-refractivity contribution in [2.24, 2.45) is 11.7 Å². The summed E-state index contributed by atoms with van der Waals surface area (Å²) in [5, 5.41) is 2.08. The minimum absolute atomic E-state index is 0.0258. The summed E-state index contributed by atoms with van der Waals surface area (Å²) in [7, 11) is 0. The fourth-order valence-corrected chi connectivity index (χ4v) is 3.27. The first-order valence-electron chi connectivity index (χ1n) is 6.68. The summed E-state index contributed by atoms with van der Waals surface area (Å²) in [6.07, 6.45) is 2.66. The van der Waals surface area contributed by atoms with Gasteiger partial charge < -0.3 is 10.6 Å². The lowest BCUT2D eigenvalue weighted by Crippen LogP contribution is -2.37. The molecule has 1 aliphatic rings. The molecule has 1 amide bonds. The van der Waals surface area contributed by atoms with E-state index in [0.29, 0.717) is 12.3 Å². The summed E-state index contributed by atoms with van der Waals surface area (Å²) < 4.78 is 0. The summed E-state index contributed by atoms with van der Waals surface area (Å²) >= 11 is 1.74. The predicted molar refractivity (Wildman–Crippen MR) is 75.4 cm³/mol. The Balaban J connectivity index is 2.01. The number of nitrogens with two attached hydrogens (primary N) is 1. The Morgan fingerprint density at radius 1 is 1.61 bits per heavy atom. The highest BCUT2D eigenvalue weighted by Crippen LogP contribution is 2.34. The second kappa shape index (κ2) is 5.85. The highest BCUT2D eigenvalue weighted by Gasteiger charge is 2.31. The number of carbonyl (C=O) groups excluding carboxylic acids is 1. The zero-order chi connectivity index (χ0) is 13.1. The zero-order valence-electron chi connectivity index (χ0n) is 11.1. The van der Waals surface area contributed by atoms with Gasteiger partial charge in [0.2, 0.25) is 5.91 Å². The second-order valence-corrected chi connectivity index (χ2v) is 6.35. The van der Waals surface area contributed by atoms with Crippen LogP contribution in [-0.4, -0.2) is 23.4 Å². The summed E-state index contributed by atoms with van der Waals surface area (Å²) in [6, 6.07) is 4.45. The van der Waals surface area contributed by atoms with Crippen molar-refractivity contribution >= 4 is 17.2 Å². The fourth-order valence-electron chi connectivity index (χ4n) is 2.40. The van der Waals surface area contributed by atoms with E-state index in [-0.39, 0.29) is 18.0 Å². The molecule has 0 spiro atoms. The van der Waals surface area contributed by atoms with Crippen molar-refractivity contribution in [1.82, 2.24) is 4.90 Å². The summed E-state index contributed by atoms with van der Waals surface area (Å²) in [4.78, 5) is 15.6. The van der Waals surface area contributed by atoms with Gasteiger partial charge in [0.15, 0.2) is 0 Å². The molecule has 18 heavy (non-hydrogen) atoms. The molecule has 2 N–H and O–H groups in total. The third-order valence-corrected chi connectivity index (χ3v) is 4.68. The van der Waals surface area contributed by atoms with Crippen LogP contribution in [0.3, 0.4) is 0 Å². The van der Waals surface area contributed by atoms with Crippen LogP contribution < -0.4 is 5.73 Å². The normalized spacial score (nSPS) is 21.6. The molecule has 1 aromatic rings. The molecule has 100 valence electrons. The van der Waals surface area contributed by atoms with Gasteiger partial charge >= 0.3 is 0 Å². The van der Waals surface area contributed by atoms with Gasteiger partial charge in [0.25, 0.3) is 0 Å². The van der Waals surface area contributed by atoms with E-state index in [9.17, 15) is 4.79 Å². The summed E-state index contributed by atoms with van der Waals surface area (Å²) in [5.74, 6) is 0.573.